The molecule has 0 amide bonds. The van der Waals surface area contributed by atoms with Crippen LogP contribution in [0.2, 0.25) is 0 Å². The Labute approximate surface area is 143 Å². The molecule has 0 aliphatic carbocycles. The van der Waals surface area contributed by atoms with Crippen LogP contribution in [0.1, 0.15) is 19.9 Å². The van der Waals surface area contributed by atoms with Crippen molar-refractivity contribution in [2.45, 2.75) is 19.9 Å². The van der Waals surface area contributed by atoms with E-state index in [-0.39, 0.29) is 11.6 Å². The summed E-state index contributed by atoms with van der Waals surface area (Å²) < 4.78 is 8.78. The summed E-state index contributed by atoms with van der Waals surface area (Å²) in [6.07, 6.45) is 3.20. The Morgan fingerprint density at radius 3 is 2.72 bits per heavy atom. The molecule has 25 heavy (non-hydrogen) atoms. The summed E-state index contributed by atoms with van der Waals surface area (Å²) in [5, 5.41) is 4.77. The van der Waals surface area contributed by atoms with Gasteiger partial charge in [-0.1, -0.05) is 12.1 Å². The van der Waals surface area contributed by atoms with E-state index in [0.29, 0.717) is 28.1 Å². The number of ether oxygens (including phenoxy) is 1. The van der Waals surface area contributed by atoms with Gasteiger partial charge in [-0.15, -0.1) is 0 Å². The highest BCUT2D eigenvalue weighted by Gasteiger charge is 2.20. The Balaban J connectivity index is 2.24. The van der Waals surface area contributed by atoms with E-state index < -0.39 is 0 Å². The zero-order chi connectivity index (χ0) is 17.6. The van der Waals surface area contributed by atoms with E-state index in [2.05, 4.69) is 15.1 Å². The second-order valence-corrected chi connectivity index (χ2v) is 6.01. The van der Waals surface area contributed by atoms with E-state index >= 15 is 0 Å². The number of methoxy groups -OCH3 is 1. The van der Waals surface area contributed by atoms with Crippen LogP contribution in [-0.4, -0.2) is 31.3 Å². The minimum absolute atomic E-state index is 0.0360. The first-order chi connectivity index (χ1) is 12.1. The maximum Gasteiger partial charge on any atom is 0.262 e. The summed E-state index contributed by atoms with van der Waals surface area (Å²) in [5.74, 6) is 1.10. The van der Waals surface area contributed by atoms with Gasteiger partial charge in [-0.25, -0.2) is 4.98 Å². The first-order valence-corrected chi connectivity index (χ1v) is 7.99. The highest BCUT2D eigenvalue weighted by atomic mass is 16.5. The SMILES string of the molecule is COc1ccccc1-c1c2c(=O)n(C(C)C)ccc2nc2ncnn12. The average Bonchev–Trinajstić information content (AvgIpc) is 3.08. The van der Waals surface area contributed by atoms with Crippen LogP contribution in [0, 0.1) is 0 Å². The Kier molecular flexibility index (Phi) is 3.49. The average molecular weight is 335 g/mol. The molecule has 0 spiro atoms. The molecule has 0 saturated heterocycles. The molecule has 0 aliphatic heterocycles. The molecule has 4 aromatic rings. The van der Waals surface area contributed by atoms with Crippen LogP contribution in [0.4, 0.5) is 0 Å². The molecule has 4 rings (SSSR count). The zero-order valence-electron chi connectivity index (χ0n) is 14.2. The minimum Gasteiger partial charge on any atom is -0.496 e. The number of nitrogens with zero attached hydrogens (tertiary/aromatic N) is 5. The monoisotopic (exact) mass is 335 g/mol. The number of para-hydroxylation sites is 1. The lowest BCUT2D eigenvalue weighted by atomic mass is 10.1. The number of pyridine rings is 1. The topological polar surface area (TPSA) is 74.3 Å². The molecule has 0 radical (unpaired) electrons. The van der Waals surface area contributed by atoms with Crippen LogP contribution in [0.5, 0.6) is 5.75 Å². The van der Waals surface area contributed by atoms with Crippen molar-refractivity contribution >= 4 is 16.7 Å². The van der Waals surface area contributed by atoms with Crippen molar-refractivity contribution < 1.29 is 4.74 Å². The lowest BCUT2D eigenvalue weighted by molar-refractivity contribution is 0.416. The summed E-state index contributed by atoms with van der Waals surface area (Å²) in [5.41, 5.74) is 1.88. The first kappa shape index (κ1) is 15.3. The van der Waals surface area contributed by atoms with Crippen LogP contribution in [0.3, 0.4) is 0 Å². The largest absolute Gasteiger partial charge is 0.496 e. The predicted molar refractivity (Wildman–Crippen MR) is 94.9 cm³/mol. The molecule has 0 bridgehead atoms. The smallest absolute Gasteiger partial charge is 0.262 e. The lowest BCUT2D eigenvalue weighted by Gasteiger charge is -2.15. The van der Waals surface area contributed by atoms with E-state index in [0.717, 1.165) is 5.56 Å². The van der Waals surface area contributed by atoms with Gasteiger partial charge >= 0.3 is 0 Å². The molecule has 0 atom stereocenters. The van der Waals surface area contributed by atoms with Gasteiger partial charge in [0.05, 0.1) is 23.7 Å². The van der Waals surface area contributed by atoms with Crippen LogP contribution in [0.15, 0.2) is 47.7 Å². The highest BCUT2D eigenvalue weighted by Crippen LogP contribution is 2.33. The van der Waals surface area contributed by atoms with Gasteiger partial charge in [0.15, 0.2) is 0 Å². The van der Waals surface area contributed by atoms with E-state index in [4.69, 9.17) is 4.74 Å². The Hall–Kier alpha value is -3.22. The molecule has 7 heteroatoms. The van der Waals surface area contributed by atoms with Crippen LogP contribution in [0.25, 0.3) is 27.9 Å². The molecule has 7 nitrogen and oxygen atoms in total. The number of hydrogen-bond donors (Lipinski definition) is 0. The van der Waals surface area contributed by atoms with Crippen molar-refractivity contribution in [2.24, 2.45) is 0 Å². The fraction of sp³-hybridized carbons (Fsp3) is 0.222. The molecule has 0 unspecified atom stereocenters. The lowest BCUT2D eigenvalue weighted by Crippen LogP contribution is -2.23. The Morgan fingerprint density at radius 1 is 1.16 bits per heavy atom. The van der Waals surface area contributed by atoms with E-state index in [1.54, 1.807) is 22.4 Å². The van der Waals surface area contributed by atoms with Crippen molar-refractivity contribution in [1.82, 2.24) is 24.1 Å². The van der Waals surface area contributed by atoms with E-state index in [1.807, 2.05) is 44.2 Å². The molecule has 3 aromatic heterocycles. The normalized spacial score (nSPS) is 11.5. The summed E-state index contributed by atoms with van der Waals surface area (Å²) in [4.78, 5) is 21.8. The first-order valence-electron chi connectivity index (χ1n) is 7.99. The highest BCUT2D eigenvalue weighted by molar-refractivity contribution is 5.94. The van der Waals surface area contributed by atoms with Gasteiger partial charge in [-0.05, 0) is 32.0 Å². The van der Waals surface area contributed by atoms with Gasteiger partial charge < -0.3 is 9.30 Å². The van der Waals surface area contributed by atoms with Gasteiger partial charge in [0, 0.05) is 17.8 Å². The predicted octanol–water partition coefficient (Wildman–Crippen LogP) is 2.70. The summed E-state index contributed by atoms with van der Waals surface area (Å²) >= 11 is 0. The van der Waals surface area contributed by atoms with Gasteiger partial charge in [0.1, 0.15) is 12.1 Å². The second-order valence-electron chi connectivity index (χ2n) is 6.01. The van der Waals surface area contributed by atoms with Gasteiger partial charge in [-0.3, -0.25) is 4.79 Å². The summed E-state index contributed by atoms with van der Waals surface area (Å²) in [7, 11) is 1.60. The van der Waals surface area contributed by atoms with Crippen molar-refractivity contribution in [1.29, 1.82) is 0 Å². The van der Waals surface area contributed by atoms with Gasteiger partial charge in [-0.2, -0.15) is 14.6 Å². The van der Waals surface area contributed by atoms with Crippen molar-refractivity contribution in [3.63, 3.8) is 0 Å². The Bertz CT molecular complexity index is 1140. The Morgan fingerprint density at radius 2 is 1.96 bits per heavy atom. The van der Waals surface area contributed by atoms with Crippen molar-refractivity contribution in [3.8, 4) is 17.0 Å². The molecule has 0 fully saturated rings. The molecule has 0 saturated carbocycles. The fourth-order valence-corrected chi connectivity index (χ4v) is 3.04. The molecule has 126 valence electrons. The number of benzene rings is 1. The number of fused-ring (bicyclic) bond motifs is 2. The molecule has 3 heterocycles. The number of aromatic nitrogens is 5. The van der Waals surface area contributed by atoms with Gasteiger partial charge in [0.2, 0.25) is 0 Å². The van der Waals surface area contributed by atoms with E-state index in [9.17, 15) is 4.79 Å². The third-order valence-electron chi connectivity index (χ3n) is 4.21. The van der Waals surface area contributed by atoms with Crippen molar-refractivity contribution in [3.05, 3.63) is 53.2 Å². The standard InChI is InChI=1S/C18H17N5O2/c1-11(2)22-9-8-13-15(17(22)24)16(23-18(21-13)19-10-20-23)12-6-4-5-7-14(12)25-3/h4-11H,1-3H3. The third kappa shape index (κ3) is 2.27. The minimum atomic E-state index is -0.113. The summed E-state index contributed by atoms with van der Waals surface area (Å²) in [6, 6.07) is 9.42. The molecule has 0 aliphatic rings. The van der Waals surface area contributed by atoms with Crippen molar-refractivity contribution in [2.75, 3.05) is 7.11 Å². The van der Waals surface area contributed by atoms with Crippen LogP contribution >= 0.6 is 0 Å². The number of rotatable bonds is 3. The fourth-order valence-electron chi connectivity index (χ4n) is 3.04. The van der Waals surface area contributed by atoms with Gasteiger partial charge in [0.25, 0.3) is 11.3 Å². The third-order valence-corrected chi connectivity index (χ3v) is 4.21. The zero-order valence-corrected chi connectivity index (χ0v) is 14.2. The number of hydrogen-bond acceptors (Lipinski definition) is 5. The molecule has 1 aromatic carbocycles. The van der Waals surface area contributed by atoms with Crippen LogP contribution < -0.4 is 10.3 Å². The second kappa shape index (κ2) is 5.70. The molecular weight excluding hydrogens is 318 g/mol. The molecular formula is C18H17N5O2. The van der Waals surface area contributed by atoms with Crippen LogP contribution in [-0.2, 0) is 0 Å². The summed E-state index contributed by atoms with van der Waals surface area (Å²) in [6.45, 7) is 3.94. The van der Waals surface area contributed by atoms with E-state index in [1.165, 1.54) is 6.33 Å². The quantitative estimate of drug-likeness (QED) is 0.575. The maximum atomic E-state index is 13.1. The maximum absolute atomic E-state index is 13.1. The molecule has 0 N–H and O–H groups in total.